The number of hydrogen-bond acceptors (Lipinski definition) is 16. The van der Waals surface area contributed by atoms with Crippen LogP contribution in [0, 0.1) is 113 Å². The predicted molar refractivity (Wildman–Crippen MR) is 502 cm³/mol. The van der Waals surface area contributed by atoms with E-state index in [0.29, 0.717) is 42.4 Å². The number of carboxylic acids is 1. The first-order valence-corrected chi connectivity index (χ1v) is 38.4. The SMILES string of the molecule is C=Cc1ccccc1.CC(=O)Cl.CC(=O)Nc1ccc(/C=C/c2ccccc2)cc1C(O)O.CC(=O)Nc1ccc(I)cc1C(O)O.CCOOC.CCOOC.CCOOC.CNC(C)=O.Cc1ccc(N)c(C(=O)O)c1.O.O.[Ac].[Ac].[CH3-].[CH3-].[Pd].[Y].[Y].c1ccc(Cc2ccccc2)cc1.c1ccc(Cc2ccccc2)cc1.c1ccc(Cc2ccccc2)cc1. The van der Waals surface area contributed by atoms with Crippen molar-refractivity contribution >= 4 is 98.4 Å². The van der Waals surface area contributed by atoms with Gasteiger partial charge in [-0.05, 0) is 174 Å². The number of aryl methyl sites for hydroxylation is 1. The van der Waals surface area contributed by atoms with Crippen LogP contribution in [-0.2, 0) is 154 Å². The van der Waals surface area contributed by atoms with Crippen LogP contribution in [0.5, 0.6) is 0 Å². The third-order valence-electron chi connectivity index (χ3n) is 14.4. The van der Waals surface area contributed by atoms with E-state index in [2.05, 4.69) is 268 Å². The van der Waals surface area contributed by atoms with Gasteiger partial charge >= 0.3 is 5.97 Å². The van der Waals surface area contributed by atoms with Gasteiger partial charge in [0.25, 0.3) is 0 Å². The Kier molecular flexibility index (Phi) is 105. The molecule has 0 fully saturated rings. The molecule has 4 radical (unpaired) electrons. The van der Waals surface area contributed by atoms with Gasteiger partial charge in [-0.3, -0.25) is 19.2 Å². The van der Waals surface area contributed by atoms with Gasteiger partial charge in [-0.15, -0.1) is 0 Å². The Morgan fingerprint density at radius 2 is 0.698 bits per heavy atom. The molecule has 0 spiro atoms. The Morgan fingerprint density at radius 3 is 0.921 bits per heavy atom. The largest absolute Gasteiger partial charge is 0.478 e. The van der Waals surface area contributed by atoms with Crippen molar-refractivity contribution < 1.29 is 264 Å². The van der Waals surface area contributed by atoms with Crippen molar-refractivity contribution in [3.8, 4) is 0 Å². The molecule has 0 saturated carbocycles. The number of nitrogen functional groups attached to an aromatic ring is 1. The molecule has 0 aliphatic carbocycles. The van der Waals surface area contributed by atoms with Crippen LogP contribution in [-0.4, -0.2) is 114 Å². The summed E-state index contributed by atoms with van der Waals surface area (Å²) in [7, 11) is 6.07. The summed E-state index contributed by atoms with van der Waals surface area (Å²) in [5.41, 5.74) is 19.4. The molecule has 0 aliphatic heterocycles. The number of carbonyl (C=O) groups excluding carboxylic acids is 4. The van der Waals surface area contributed by atoms with Gasteiger partial charge < -0.3 is 73.0 Å². The number of aromatic carboxylic acids is 1. The third-order valence-corrected chi connectivity index (χ3v) is 15.0. The Labute approximate surface area is 901 Å². The molecule has 678 valence electrons. The van der Waals surface area contributed by atoms with E-state index < -0.39 is 18.5 Å². The molecule has 22 nitrogen and oxygen atoms in total. The minimum absolute atomic E-state index is 0. The van der Waals surface area contributed by atoms with Gasteiger partial charge in [0.1, 0.15) is 0 Å². The number of nitrogens with two attached hydrogens (primary N) is 1. The van der Waals surface area contributed by atoms with Crippen molar-refractivity contribution in [2.24, 2.45) is 0 Å². The fourth-order valence-corrected chi connectivity index (χ4v) is 9.60. The minimum Gasteiger partial charge on any atom is -0.478 e. The van der Waals surface area contributed by atoms with Crippen LogP contribution in [0.15, 0.2) is 304 Å². The van der Waals surface area contributed by atoms with Crippen molar-refractivity contribution in [1.29, 1.82) is 0 Å². The molecule has 0 heterocycles. The number of nitrogens with one attached hydrogen (secondary N) is 3. The maximum atomic E-state index is 11.1. The average molecular weight is 2530 g/mol. The molecule has 11 aromatic rings. The number of aliphatic hydroxyl groups is 4. The zero-order chi connectivity index (χ0) is 87.2. The number of rotatable bonds is 20. The van der Waals surface area contributed by atoms with Gasteiger partial charge in [0.2, 0.25) is 23.0 Å². The van der Waals surface area contributed by atoms with Crippen LogP contribution >= 0.6 is 34.2 Å². The standard InChI is InChI=1S/C17H17NO3.3C13H12.C9H10INO3.C8H9NO2.C8H8.C3H7NO.3C3H8O2.C2H3ClO.2CH3.2Ac.2H2O.Pd.2Y/c1-12(19)18-16-10-9-14(11-15(16)17(20)21)8-7-13-5-3-2-4-6-13;3*1-3-7-12(8-4-1)11-13-9-5-2-6-10-13;1-5(12)11-8-3-2-6(10)4-7(8)9(13)14;1-5-2-3-7(9)6(4-5)8(10)11;1-2-8-6-4-3-5-7-8;1-3(5)4-2;3*1-3-5-4-2;1-2(3)4;;;;;;;;;/h2-11,17,20-21H,1H3,(H,18,19);3*1-10H,11H2;2-4,9,13-14H,1H3,(H,11,12);2-4H,9H2,1H3,(H,10,11);2-7H,1H2;1-2H3,(H,4,5);3*3H2,1-2H3;1H3;2*1H3;;;2*1H2;;;/q;;;;;;;;;;;;2*-1;;;;;;;/b8-7+;;;;;;;;;;;;;;;;;;;;. The van der Waals surface area contributed by atoms with Crippen molar-refractivity contribution in [3.63, 3.8) is 0 Å². The number of amides is 3. The van der Waals surface area contributed by atoms with Gasteiger partial charge in [0.15, 0.2) is 12.6 Å². The van der Waals surface area contributed by atoms with Gasteiger partial charge in [0.05, 0.1) is 46.7 Å². The van der Waals surface area contributed by atoms with Gasteiger partial charge in [-0.25, -0.2) is 34.1 Å². The Bertz CT molecular complexity index is 4130. The van der Waals surface area contributed by atoms with Crippen molar-refractivity contribution in [1.82, 2.24) is 5.32 Å². The molecule has 0 unspecified atom stereocenters. The van der Waals surface area contributed by atoms with Crippen molar-refractivity contribution in [2.75, 3.05) is 64.6 Å². The molecule has 0 aromatic heterocycles. The van der Waals surface area contributed by atoms with Gasteiger partial charge in [-0.2, -0.15) is 0 Å². The molecular formula is C97H124Ac2ClIN4O18PdY2-2. The summed E-state index contributed by atoms with van der Waals surface area (Å²) in [6.45, 7) is 18.4. The van der Waals surface area contributed by atoms with Gasteiger partial charge in [0, 0.05) is 240 Å². The molecule has 0 bridgehead atoms. The number of benzene rings is 11. The first-order valence-electron chi connectivity index (χ1n) is 37.0. The number of carboxylic acid groups (broad SMARTS) is 1. The van der Waals surface area contributed by atoms with Gasteiger partial charge in [-0.1, -0.05) is 285 Å². The molecule has 0 saturated heterocycles. The Balaban J connectivity index is -0.000000149. The first-order chi connectivity index (χ1) is 56.2. The van der Waals surface area contributed by atoms with Crippen LogP contribution in [0.4, 0.5) is 17.1 Å². The first kappa shape index (κ1) is 141. The smallest absolute Gasteiger partial charge is 0.337 e. The normalized spacial score (nSPS) is 8.89. The molecular weight excluding hydrogens is 2410 g/mol. The number of hydrogen-bond donors (Lipinski definition) is 9. The average Bonchev–Trinajstić information content (AvgIpc) is 0.844. The summed E-state index contributed by atoms with van der Waals surface area (Å²) in [4.78, 5) is 76.9. The number of aliphatic hydroxyl groups excluding tert-OH is 2. The van der Waals surface area contributed by atoms with Crippen LogP contribution in [0.2, 0.25) is 0 Å². The molecule has 3 amide bonds. The summed E-state index contributed by atoms with van der Waals surface area (Å²) in [6, 6.07) is 98.1. The summed E-state index contributed by atoms with van der Waals surface area (Å²) in [5.74, 6) is -1.48. The third kappa shape index (κ3) is 78.4. The fourth-order valence-electron chi connectivity index (χ4n) is 9.09. The van der Waals surface area contributed by atoms with Crippen LogP contribution in [0.1, 0.15) is 138 Å². The van der Waals surface area contributed by atoms with Crippen molar-refractivity contribution in [2.45, 2.75) is 87.2 Å². The molecule has 0 aliphatic rings. The summed E-state index contributed by atoms with van der Waals surface area (Å²) in [6.07, 6.45) is 5.51. The van der Waals surface area contributed by atoms with E-state index in [4.69, 9.17) is 21.1 Å². The van der Waals surface area contributed by atoms with Crippen LogP contribution < -0.4 is 21.7 Å². The molecule has 14 N–H and O–H groups in total. The molecule has 0 atom stereocenters. The number of halogens is 2. The van der Waals surface area contributed by atoms with E-state index in [1.165, 1.54) is 88.0 Å². The monoisotopic (exact) mass is 2530 g/mol. The maximum Gasteiger partial charge on any atom is 0.337 e. The molecule has 29 heteroatoms. The molecule has 126 heavy (non-hydrogen) atoms. The summed E-state index contributed by atoms with van der Waals surface area (Å²) >= 11 is 6.69. The molecule has 11 rings (SSSR count). The van der Waals surface area contributed by atoms with E-state index in [1.807, 2.05) is 107 Å². The fraction of sp³-hybridized carbons (Fsp3) is 0.206. The Morgan fingerprint density at radius 1 is 0.437 bits per heavy atom. The topological polar surface area (TPSA) is 367 Å². The minimum atomic E-state index is -1.64. The van der Waals surface area contributed by atoms with E-state index >= 15 is 0 Å². The van der Waals surface area contributed by atoms with E-state index in [0.717, 1.165) is 39.5 Å². The Hall–Kier alpha value is -5.46. The summed E-state index contributed by atoms with van der Waals surface area (Å²) < 4.78 is 0.875. The second kappa shape index (κ2) is 94.2. The maximum absolute atomic E-state index is 11.1. The van der Waals surface area contributed by atoms with Crippen LogP contribution in [0.25, 0.3) is 18.2 Å². The molecule has 11 aromatic carbocycles. The quantitative estimate of drug-likeness (QED) is 0.00394. The summed E-state index contributed by atoms with van der Waals surface area (Å²) in [5, 5.41) is 52.6. The predicted octanol–water partition coefficient (Wildman–Crippen LogP) is 19.0. The second-order valence-corrected chi connectivity index (χ2v) is 25.7. The van der Waals surface area contributed by atoms with E-state index in [1.54, 1.807) is 61.6 Å². The number of carbonyl (C=O) groups is 5. The zero-order valence-corrected chi connectivity index (χ0v) is 93.9. The van der Waals surface area contributed by atoms with Crippen molar-refractivity contribution in [3.05, 3.63) is 395 Å². The second-order valence-electron chi connectivity index (χ2n) is 23.9. The van der Waals surface area contributed by atoms with E-state index in [9.17, 15) is 34.2 Å². The van der Waals surface area contributed by atoms with Crippen LogP contribution in [0.3, 0.4) is 0 Å². The zero-order valence-electron chi connectivity index (χ0n) is 74.3. The van der Waals surface area contributed by atoms with E-state index in [-0.39, 0.29) is 234 Å². The number of anilines is 3.